The first-order valence-corrected chi connectivity index (χ1v) is 5.64. The SMILES string of the molecule is Cc1ccc(F)c(Oc2cc([C@H](C)O)ccn2)c1. The Hall–Kier alpha value is -1.94. The minimum absolute atomic E-state index is 0.130. The van der Waals surface area contributed by atoms with Crippen molar-refractivity contribution in [1.29, 1.82) is 0 Å². The van der Waals surface area contributed by atoms with Gasteiger partial charge in [-0.3, -0.25) is 0 Å². The first-order valence-electron chi connectivity index (χ1n) is 5.64. The third-order valence-electron chi connectivity index (χ3n) is 2.54. The molecule has 94 valence electrons. The van der Waals surface area contributed by atoms with Gasteiger partial charge in [-0.2, -0.15) is 0 Å². The van der Waals surface area contributed by atoms with Gasteiger partial charge in [-0.05, 0) is 43.2 Å². The van der Waals surface area contributed by atoms with Crippen LogP contribution in [0.3, 0.4) is 0 Å². The second-order valence-electron chi connectivity index (χ2n) is 4.14. The number of rotatable bonds is 3. The van der Waals surface area contributed by atoms with Crippen LogP contribution in [0.25, 0.3) is 0 Å². The average molecular weight is 247 g/mol. The predicted octanol–water partition coefficient (Wildman–Crippen LogP) is 3.37. The molecule has 0 radical (unpaired) electrons. The lowest BCUT2D eigenvalue weighted by Gasteiger charge is -2.09. The van der Waals surface area contributed by atoms with Crippen molar-refractivity contribution in [3.8, 4) is 11.6 Å². The number of aliphatic hydroxyl groups excluding tert-OH is 1. The molecule has 1 N–H and O–H groups in total. The number of aromatic nitrogens is 1. The molecule has 0 saturated carbocycles. The lowest BCUT2D eigenvalue weighted by atomic mass is 10.2. The van der Waals surface area contributed by atoms with Gasteiger partial charge >= 0.3 is 0 Å². The van der Waals surface area contributed by atoms with Gasteiger partial charge in [0, 0.05) is 12.3 Å². The first kappa shape index (κ1) is 12.5. The van der Waals surface area contributed by atoms with Crippen molar-refractivity contribution in [2.45, 2.75) is 20.0 Å². The Morgan fingerprint density at radius 1 is 1.28 bits per heavy atom. The first-order chi connectivity index (χ1) is 8.56. The molecule has 0 unspecified atom stereocenters. The Morgan fingerprint density at radius 2 is 2.06 bits per heavy atom. The fourth-order valence-electron chi connectivity index (χ4n) is 1.54. The number of hydrogen-bond donors (Lipinski definition) is 1. The number of nitrogens with zero attached hydrogens (tertiary/aromatic N) is 1. The zero-order chi connectivity index (χ0) is 13.1. The van der Waals surface area contributed by atoms with Gasteiger partial charge in [-0.1, -0.05) is 6.07 Å². The van der Waals surface area contributed by atoms with Crippen LogP contribution in [0.4, 0.5) is 4.39 Å². The van der Waals surface area contributed by atoms with Gasteiger partial charge in [0.2, 0.25) is 5.88 Å². The third kappa shape index (κ3) is 2.84. The van der Waals surface area contributed by atoms with E-state index >= 15 is 0 Å². The van der Waals surface area contributed by atoms with Crippen molar-refractivity contribution in [2.75, 3.05) is 0 Å². The van der Waals surface area contributed by atoms with Crippen molar-refractivity contribution in [3.05, 3.63) is 53.5 Å². The number of benzene rings is 1. The molecule has 0 bridgehead atoms. The maximum atomic E-state index is 13.5. The van der Waals surface area contributed by atoms with Crippen LogP contribution in [-0.4, -0.2) is 10.1 Å². The molecule has 0 saturated heterocycles. The minimum Gasteiger partial charge on any atom is -0.436 e. The van der Waals surface area contributed by atoms with E-state index < -0.39 is 11.9 Å². The van der Waals surface area contributed by atoms with Crippen molar-refractivity contribution in [3.63, 3.8) is 0 Å². The van der Waals surface area contributed by atoms with E-state index in [9.17, 15) is 9.50 Å². The molecule has 4 heteroatoms. The van der Waals surface area contributed by atoms with Crippen molar-refractivity contribution < 1.29 is 14.2 Å². The second kappa shape index (κ2) is 5.14. The van der Waals surface area contributed by atoms with Gasteiger partial charge in [-0.15, -0.1) is 0 Å². The van der Waals surface area contributed by atoms with Crippen LogP contribution in [0.1, 0.15) is 24.2 Å². The van der Waals surface area contributed by atoms with Crippen molar-refractivity contribution in [1.82, 2.24) is 4.98 Å². The van der Waals surface area contributed by atoms with E-state index in [1.54, 1.807) is 31.2 Å². The largest absolute Gasteiger partial charge is 0.436 e. The van der Waals surface area contributed by atoms with Gasteiger partial charge in [0.05, 0.1) is 6.10 Å². The summed E-state index contributed by atoms with van der Waals surface area (Å²) in [5.41, 5.74) is 1.58. The molecule has 2 rings (SSSR count). The molecule has 1 heterocycles. The average Bonchev–Trinajstić information content (AvgIpc) is 2.34. The summed E-state index contributed by atoms with van der Waals surface area (Å²) in [5, 5.41) is 9.46. The zero-order valence-corrected chi connectivity index (χ0v) is 10.2. The van der Waals surface area contributed by atoms with E-state index in [0.29, 0.717) is 5.56 Å². The summed E-state index contributed by atoms with van der Waals surface area (Å²) < 4.78 is 18.9. The number of aliphatic hydroxyl groups is 1. The lowest BCUT2D eigenvalue weighted by Crippen LogP contribution is -1.95. The maximum Gasteiger partial charge on any atom is 0.219 e. The summed E-state index contributed by atoms with van der Waals surface area (Å²) in [6.45, 7) is 3.50. The number of hydrogen-bond acceptors (Lipinski definition) is 3. The van der Waals surface area contributed by atoms with Crippen LogP contribution in [0, 0.1) is 12.7 Å². The topological polar surface area (TPSA) is 42.4 Å². The highest BCUT2D eigenvalue weighted by atomic mass is 19.1. The summed E-state index contributed by atoms with van der Waals surface area (Å²) in [6.07, 6.45) is 0.906. The van der Waals surface area contributed by atoms with Crippen LogP contribution >= 0.6 is 0 Å². The Balaban J connectivity index is 2.28. The quantitative estimate of drug-likeness (QED) is 0.904. The van der Waals surface area contributed by atoms with Gasteiger partial charge in [-0.25, -0.2) is 9.37 Å². The Labute approximate surface area is 105 Å². The molecule has 0 aliphatic rings. The van der Waals surface area contributed by atoms with E-state index in [1.165, 1.54) is 12.3 Å². The van der Waals surface area contributed by atoms with Crippen LogP contribution in [0.5, 0.6) is 11.6 Å². The van der Waals surface area contributed by atoms with Gasteiger partial charge in [0.15, 0.2) is 11.6 Å². The number of ether oxygens (including phenoxy) is 1. The molecule has 1 aromatic heterocycles. The monoisotopic (exact) mass is 247 g/mol. The maximum absolute atomic E-state index is 13.5. The molecular formula is C14H14FNO2. The molecule has 0 fully saturated rings. The lowest BCUT2D eigenvalue weighted by molar-refractivity contribution is 0.198. The number of pyridine rings is 1. The van der Waals surface area contributed by atoms with E-state index in [4.69, 9.17) is 4.74 Å². The van der Waals surface area contributed by atoms with Gasteiger partial charge < -0.3 is 9.84 Å². The normalized spacial score (nSPS) is 12.2. The van der Waals surface area contributed by atoms with E-state index in [1.807, 2.05) is 6.92 Å². The van der Waals surface area contributed by atoms with Crippen LogP contribution in [-0.2, 0) is 0 Å². The molecule has 1 atom stereocenters. The highest BCUT2D eigenvalue weighted by molar-refractivity contribution is 5.33. The Kier molecular flexibility index (Phi) is 3.58. The molecule has 0 spiro atoms. The van der Waals surface area contributed by atoms with E-state index in [-0.39, 0.29) is 11.6 Å². The number of aryl methyl sites for hydroxylation is 1. The predicted molar refractivity (Wildman–Crippen MR) is 66.1 cm³/mol. The number of halogens is 1. The minimum atomic E-state index is -0.613. The highest BCUT2D eigenvalue weighted by Gasteiger charge is 2.08. The molecule has 0 aliphatic carbocycles. The second-order valence-corrected chi connectivity index (χ2v) is 4.14. The van der Waals surface area contributed by atoms with Gasteiger partial charge in [0.25, 0.3) is 0 Å². The van der Waals surface area contributed by atoms with Crippen LogP contribution in [0.15, 0.2) is 36.5 Å². The summed E-state index contributed by atoms with van der Waals surface area (Å²) in [7, 11) is 0. The van der Waals surface area contributed by atoms with Crippen LogP contribution in [0.2, 0.25) is 0 Å². The fourth-order valence-corrected chi connectivity index (χ4v) is 1.54. The summed E-state index contributed by atoms with van der Waals surface area (Å²) >= 11 is 0. The van der Waals surface area contributed by atoms with Gasteiger partial charge in [0.1, 0.15) is 0 Å². The molecule has 18 heavy (non-hydrogen) atoms. The summed E-state index contributed by atoms with van der Waals surface area (Å²) in [4.78, 5) is 3.99. The molecule has 3 nitrogen and oxygen atoms in total. The third-order valence-corrected chi connectivity index (χ3v) is 2.54. The Bertz CT molecular complexity index is 555. The fraction of sp³-hybridized carbons (Fsp3) is 0.214. The highest BCUT2D eigenvalue weighted by Crippen LogP contribution is 2.25. The van der Waals surface area contributed by atoms with E-state index in [2.05, 4.69) is 4.98 Å². The Morgan fingerprint density at radius 3 is 2.78 bits per heavy atom. The zero-order valence-electron chi connectivity index (χ0n) is 10.2. The smallest absolute Gasteiger partial charge is 0.219 e. The molecule has 1 aromatic carbocycles. The molecule has 2 aromatic rings. The molecule has 0 amide bonds. The van der Waals surface area contributed by atoms with Crippen molar-refractivity contribution in [2.24, 2.45) is 0 Å². The van der Waals surface area contributed by atoms with E-state index in [0.717, 1.165) is 5.56 Å². The van der Waals surface area contributed by atoms with Crippen molar-refractivity contribution >= 4 is 0 Å². The summed E-state index contributed by atoms with van der Waals surface area (Å²) in [5.74, 6) is -0.0482. The standard InChI is InChI=1S/C14H14FNO2/c1-9-3-4-12(15)13(7-9)18-14-8-11(10(2)17)5-6-16-14/h3-8,10,17H,1-2H3/t10-/m0/s1. The van der Waals surface area contributed by atoms with Crippen LogP contribution < -0.4 is 4.74 Å². The molecule has 0 aliphatic heterocycles. The summed E-state index contributed by atoms with van der Waals surface area (Å²) in [6, 6.07) is 7.90. The molecular weight excluding hydrogens is 233 g/mol.